The summed E-state index contributed by atoms with van der Waals surface area (Å²) in [6.07, 6.45) is 5.58. The highest BCUT2D eigenvalue weighted by molar-refractivity contribution is 5.97. The first-order valence-corrected chi connectivity index (χ1v) is 8.41. The molecule has 3 N–H and O–H groups in total. The van der Waals surface area contributed by atoms with Crippen LogP contribution in [-0.4, -0.2) is 32.2 Å². The van der Waals surface area contributed by atoms with Gasteiger partial charge in [0.05, 0.1) is 19.8 Å². The Bertz CT molecular complexity index is 561. The van der Waals surface area contributed by atoms with Gasteiger partial charge in [-0.2, -0.15) is 0 Å². The van der Waals surface area contributed by atoms with Crippen LogP contribution in [0.5, 0.6) is 11.5 Å². The Kier molecular flexibility index (Phi) is 4.76. The molecule has 5 nitrogen and oxygen atoms in total. The molecule has 1 amide bonds. The van der Waals surface area contributed by atoms with Crippen molar-refractivity contribution in [2.24, 2.45) is 17.6 Å². The minimum atomic E-state index is -0.0851. The molecule has 2 atom stereocenters. The van der Waals surface area contributed by atoms with Gasteiger partial charge in [0.2, 0.25) is 0 Å². The average molecular weight is 318 g/mol. The van der Waals surface area contributed by atoms with Crippen molar-refractivity contribution in [3.05, 3.63) is 23.8 Å². The number of hydrogen-bond donors (Lipinski definition) is 2. The summed E-state index contributed by atoms with van der Waals surface area (Å²) in [5, 5.41) is 3.25. The Hall–Kier alpha value is -1.75. The van der Waals surface area contributed by atoms with E-state index in [-0.39, 0.29) is 18.0 Å². The molecule has 2 bridgehead atoms. The first kappa shape index (κ1) is 16.1. The van der Waals surface area contributed by atoms with Gasteiger partial charge in [-0.05, 0) is 55.7 Å². The normalized spacial score (nSPS) is 29.7. The van der Waals surface area contributed by atoms with Gasteiger partial charge in [0.25, 0.3) is 5.91 Å². The predicted octanol–water partition coefficient (Wildman–Crippen LogP) is 2.34. The summed E-state index contributed by atoms with van der Waals surface area (Å²) in [6.45, 7) is 0. The highest BCUT2D eigenvalue weighted by Crippen LogP contribution is 2.40. The molecule has 0 aromatic heterocycles. The van der Waals surface area contributed by atoms with Gasteiger partial charge in [-0.3, -0.25) is 4.79 Å². The molecule has 0 aliphatic heterocycles. The largest absolute Gasteiger partial charge is 0.497 e. The van der Waals surface area contributed by atoms with Crippen molar-refractivity contribution in [1.29, 1.82) is 0 Å². The minimum absolute atomic E-state index is 0.0851. The van der Waals surface area contributed by atoms with E-state index in [0.717, 1.165) is 25.7 Å². The molecule has 0 heterocycles. The topological polar surface area (TPSA) is 73.6 Å². The van der Waals surface area contributed by atoms with E-state index < -0.39 is 0 Å². The number of hydrogen-bond acceptors (Lipinski definition) is 4. The monoisotopic (exact) mass is 318 g/mol. The van der Waals surface area contributed by atoms with E-state index >= 15 is 0 Å². The van der Waals surface area contributed by atoms with Crippen molar-refractivity contribution in [2.75, 3.05) is 14.2 Å². The van der Waals surface area contributed by atoms with Crippen molar-refractivity contribution < 1.29 is 14.3 Å². The third kappa shape index (κ3) is 3.29. The summed E-state index contributed by atoms with van der Waals surface area (Å²) in [5.41, 5.74) is 6.69. The van der Waals surface area contributed by atoms with E-state index in [0.29, 0.717) is 28.9 Å². The van der Waals surface area contributed by atoms with Gasteiger partial charge in [0, 0.05) is 12.1 Å². The highest BCUT2D eigenvalue weighted by atomic mass is 16.5. The van der Waals surface area contributed by atoms with Crippen LogP contribution in [0.15, 0.2) is 18.2 Å². The molecule has 1 aromatic carbocycles. The predicted molar refractivity (Wildman–Crippen MR) is 88.8 cm³/mol. The quantitative estimate of drug-likeness (QED) is 0.893. The van der Waals surface area contributed by atoms with Crippen molar-refractivity contribution in [3.63, 3.8) is 0 Å². The van der Waals surface area contributed by atoms with Crippen molar-refractivity contribution in [2.45, 2.75) is 44.2 Å². The number of amides is 1. The molecule has 1 aromatic rings. The molecule has 2 unspecified atom stereocenters. The molecule has 23 heavy (non-hydrogen) atoms. The first-order valence-electron chi connectivity index (χ1n) is 8.41. The average Bonchev–Trinajstić information content (AvgIpc) is 2.55. The molecule has 0 saturated heterocycles. The summed E-state index contributed by atoms with van der Waals surface area (Å²) < 4.78 is 10.6. The molecular formula is C18H26N2O3. The number of ether oxygens (including phenoxy) is 2. The fourth-order valence-electron chi connectivity index (χ4n) is 4.25. The standard InChI is InChI=1S/C18H26N2O3/c1-22-14-6-7-16(23-2)15(10-14)18(21)20-17-11-4-3-5-12(17)9-13(19)8-11/h6-7,10-13,17H,3-5,8-9,19H2,1-2H3,(H,20,21). The molecule has 3 rings (SSSR count). The maximum absolute atomic E-state index is 12.8. The molecule has 0 radical (unpaired) electrons. The second kappa shape index (κ2) is 6.79. The summed E-state index contributed by atoms with van der Waals surface area (Å²) >= 11 is 0. The van der Waals surface area contributed by atoms with Crippen LogP contribution in [0.1, 0.15) is 42.5 Å². The van der Waals surface area contributed by atoms with Crippen LogP contribution in [0, 0.1) is 11.8 Å². The molecule has 126 valence electrons. The third-order valence-corrected chi connectivity index (χ3v) is 5.33. The Balaban J connectivity index is 1.79. The second-order valence-electron chi connectivity index (χ2n) is 6.75. The Morgan fingerprint density at radius 3 is 2.48 bits per heavy atom. The van der Waals surface area contributed by atoms with Gasteiger partial charge in [-0.25, -0.2) is 0 Å². The van der Waals surface area contributed by atoms with Crippen molar-refractivity contribution in [3.8, 4) is 11.5 Å². The van der Waals surface area contributed by atoms with E-state index in [1.165, 1.54) is 6.42 Å². The molecule has 0 spiro atoms. The third-order valence-electron chi connectivity index (χ3n) is 5.33. The Morgan fingerprint density at radius 2 is 1.87 bits per heavy atom. The SMILES string of the molecule is COc1ccc(OC)c(C(=O)NC2C3CCCC2CC(N)C3)c1. The Labute approximate surface area is 137 Å². The fraction of sp³-hybridized carbons (Fsp3) is 0.611. The van der Waals surface area contributed by atoms with Crippen LogP contribution in [0.3, 0.4) is 0 Å². The van der Waals surface area contributed by atoms with Gasteiger partial charge < -0.3 is 20.5 Å². The summed E-state index contributed by atoms with van der Waals surface area (Å²) in [4.78, 5) is 12.8. The Morgan fingerprint density at radius 1 is 1.17 bits per heavy atom. The summed E-state index contributed by atoms with van der Waals surface area (Å²) in [7, 11) is 3.17. The van der Waals surface area contributed by atoms with Crippen LogP contribution < -0.4 is 20.5 Å². The van der Waals surface area contributed by atoms with Crippen LogP contribution in [-0.2, 0) is 0 Å². The van der Waals surface area contributed by atoms with E-state index in [2.05, 4.69) is 5.32 Å². The number of nitrogens with one attached hydrogen (secondary N) is 1. The zero-order valence-corrected chi connectivity index (χ0v) is 13.9. The molecule has 2 aliphatic carbocycles. The number of methoxy groups -OCH3 is 2. The van der Waals surface area contributed by atoms with Gasteiger partial charge in [-0.15, -0.1) is 0 Å². The lowest BCUT2D eigenvalue weighted by Crippen LogP contribution is -2.53. The van der Waals surface area contributed by atoms with Gasteiger partial charge in [0.15, 0.2) is 0 Å². The zero-order chi connectivity index (χ0) is 16.4. The van der Waals surface area contributed by atoms with Crippen molar-refractivity contribution >= 4 is 5.91 Å². The number of fused-ring (bicyclic) bond motifs is 2. The van der Waals surface area contributed by atoms with E-state index in [9.17, 15) is 4.79 Å². The molecular weight excluding hydrogens is 292 g/mol. The highest BCUT2D eigenvalue weighted by Gasteiger charge is 2.40. The van der Waals surface area contributed by atoms with Crippen LogP contribution in [0.2, 0.25) is 0 Å². The van der Waals surface area contributed by atoms with E-state index in [1.54, 1.807) is 32.4 Å². The maximum atomic E-state index is 12.8. The number of carbonyl (C=O) groups excluding carboxylic acids is 1. The number of rotatable bonds is 4. The van der Waals surface area contributed by atoms with Gasteiger partial charge >= 0.3 is 0 Å². The van der Waals surface area contributed by atoms with Crippen LogP contribution in [0.4, 0.5) is 0 Å². The smallest absolute Gasteiger partial charge is 0.255 e. The number of nitrogens with two attached hydrogens (primary N) is 1. The molecule has 5 heteroatoms. The molecule has 2 saturated carbocycles. The van der Waals surface area contributed by atoms with E-state index in [1.807, 2.05) is 0 Å². The molecule has 2 fully saturated rings. The van der Waals surface area contributed by atoms with E-state index in [4.69, 9.17) is 15.2 Å². The lowest BCUT2D eigenvalue weighted by atomic mass is 9.67. The zero-order valence-electron chi connectivity index (χ0n) is 13.9. The number of carbonyl (C=O) groups is 1. The maximum Gasteiger partial charge on any atom is 0.255 e. The second-order valence-corrected chi connectivity index (χ2v) is 6.75. The fourth-order valence-corrected chi connectivity index (χ4v) is 4.25. The van der Waals surface area contributed by atoms with Crippen LogP contribution >= 0.6 is 0 Å². The van der Waals surface area contributed by atoms with Gasteiger partial charge in [0.1, 0.15) is 11.5 Å². The lowest BCUT2D eigenvalue weighted by molar-refractivity contribution is 0.0753. The summed E-state index contributed by atoms with van der Waals surface area (Å²) in [5.74, 6) is 2.14. The number of benzene rings is 1. The lowest BCUT2D eigenvalue weighted by Gasteiger charge is -2.45. The minimum Gasteiger partial charge on any atom is -0.497 e. The molecule has 2 aliphatic rings. The van der Waals surface area contributed by atoms with Crippen LogP contribution in [0.25, 0.3) is 0 Å². The van der Waals surface area contributed by atoms with Crippen molar-refractivity contribution in [1.82, 2.24) is 5.32 Å². The first-order chi connectivity index (χ1) is 11.1. The summed E-state index contributed by atoms with van der Waals surface area (Å²) in [6, 6.07) is 5.81. The van der Waals surface area contributed by atoms with Gasteiger partial charge in [-0.1, -0.05) is 6.42 Å².